The highest BCUT2D eigenvalue weighted by Crippen LogP contribution is 2.17. The van der Waals surface area contributed by atoms with Gasteiger partial charge in [-0.2, -0.15) is 0 Å². The summed E-state index contributed by atoms with van der Waals surface area (Å²) in [5.41, 5.74) is 1.13. The Hall–Kier alpha value is -2.35. The summed E-state index contributed by atoms with van der Waals surface area (Å²) >= 11 is 5.95. The Morgan fingerprint density at radius 2 is 2.08 bits per heavy atom. The van der Waals surface area contributed by atoms with Crippen molar-refractivity contribution in [1.82, 2.24) is 25.8 Å². The van der Waals surface area contributed by atoms with E-state index in [0.717, 1.165) is 30.5 Å². The van der Waals surface area contributed by atoms with Crippen LogP contribution < -0.4 is 15.5 Å². The normalized spacial score (nSPS) is 16.4. The molecule has 1 aromatic heterocycles. The molecule has 1 aliphatic rings. The first-order valence-electron chi connectivity index (χ1n) is 8.32. The first-order valence-corrected chi connectivity index (χ1v) is 8.70. The summed E-state index contributed by atoms with van der Waals surface area (Å²) in [5.74, 6) is -0.556. The van der Waals surface area contributed by atoms with Crippen LogP contribution in [-0.2, 0) is 4.79 Å². The van der Waals surface area contributed by atoms with E-state index in [1.54, 1.807) is 18.2 Å². The van der Waals surface area contributed by atoms with E-state index in [2.05, 4.69) is 20.9 Å². The number of carbonyl (C=O) groups is 2. The summed E-state index contributed by atoms with van der Waals surface area (Å²) < 4.78 is 0. The number of hydrogen-bond acceptors (Lipinski definition) is 5. The lowest BCUT2D eigenvalue weighted by Crippen LogP contribution is -2.49. The van der Waals surface area contributed by atoms with Gasteiger partial charge in [0.15, 0.2) is 0 Å². The second kappa shape index (κ2) is 7.69. The number of imide groups is 1. The van der Waals surface area contributed by atoms with Crippen LogP contribution in [0.5, 0.6) is 0 Å². The molecular formula is C16H20ClN5O3. The fourth-order valence-electron chi connectivity index (χ4n) is 2.83. The molecule has 1 aliphatic carbocycles. The molecule has 0 unspecified atom stereocenters. The second-order valence-corrected chi connectivity index (χ2v) is 6.58. The van der Waals surface area contributed by atoms with Gasteiger partial charge in [-0.15, -0.1) is 5.10 Å². The smallest absolute Gasteiger partial charge is 0.321 e. The topological polar surface area (TPSA) is 98.1 Å². The minimum absolute atomic E-state index is 0.124. The molecule has 0 radical (unpaired) electrons. The highest BCUT2D eigenvalue weighted by atomic mass is 35.5. The van der Waals surface area contributed by atoms with Gasteiger partial charge < -0.3 is 10.2 Å². The number of carbonyl (C=O) groups excluding carboxylic acids is 2. The summed E-state index contributed by atoms with van der Waals surface area (Å²) in [6, 6.07) is 4.65. The molecule has 1 aromatic carbocycles. The number of aromatic nitrogens is 3. The number of amides is 3. The number of rotatable bonds is 4. The summed E-state index contributed by atoms with van der Waals surface area (Å²) in [5, 5.41) is 13.4. The van der Waals surface area contributed by atoms with Crippen LogP contribution in [0.2, 0.25) is 5.02 Å². The van der Waals surface area contributed by atoms with Crippen molar-refractivity contribution in [3.63, 3.8) is 0 Å². The van der Waals surface area contributed by atoms with Crippen molar-refractivity contribution < 1.29 is 14.4 Å². The Bertz CT molecular complexity index is 772. The summed E-state index contributed by atoms with van der Waals surface area (Å²) in [6.45, 7) is 1.53. The molecule has 1 saturated carbocycles. The number of urea groups is 1. The average Bonchev–Trinajstić information content (AvgIpc) is 2.97. The largest absolute Gasteiger partial charge is 0.382 e. The van der Waals surface area contributed by atoms with Gasteiger partial charge in [-0.1, -0.05) is 35.7 Å². The maximum Gasteiger partial charge on any atom is 0.321 e. The molecule has 3 rings (SSSR count). The predicted molar refractivity (Wildman–Crippen MR) is 92.1 cm³/mol. The molecule has 8 nitrogen and oxygen atoms in total. The van der Waals surface area contributed by atoms with Gasteiger partial charge in [-0.25, -0.2) is 4.79 Å². The van der Waals surface area contributed by atoms with Crippen LogP contribution in [-0.4, -0.2) is 39.2 Å². The zero-order valence-electron chi connectivity index (χ0n) is 13.9. The van der Waals surface area contributed by atoms with Crippen LogP contribution in [0.1, 0.15) is 39.0 Å². The van der Waals surface area contributed by atoms with Crippen molar-refractivity contribution >= 4 is 34.6 Å². The quantitative estimate of drug-likeness (QED) is 0.864. The molecular weight excluding hydrogens is 346 g/mol. The molecule has 1 fully saturated rings. The molecule has 3 amide bonds. The lowest BCUT2D eigenvalue weighted by molar-refractivity contribution is -0.131. The van der Waals surface area contributed by atoms with Crippen LogP contribution in [0.4, 0.5) is 4.79 Å². The van der Waals surface area contributed by atoms with Crippen molar-refractivity contribution in [3.8, 4) is 0 Å². The number of halogens is 1. The lowest BCUT2D eigenvalue weighted by atomic mass is 9.96. The van der Waals surface area contributed by atoms with Crippen molar-refractivity contribution in [2.75, 3.05) is 0 Å². The Balaban J connectivity index is 1.56. The SMILES string of the molecule is C[C@@H](On1nnc2ccc(Cl)cc21)C(=O)NC(=O)NC1CCCCC1. The van der Waals surface area contributed by atoms with E-state index in [0.29, 0.717) is 16.1 Å². The van der Waals surface area contributed by atoms with Gasteiger partial charge in [0.25, 0.3) is 5.91 Å². The Morgan fingerprint density at radius 1 is 1.32 bits per heavy atom. The monoisotopic (exact) mass is 365 g/mol. The van der Waals surface area contributed by atoms with Gasteiger partial charge >= 0.3 is 6.03 Å². The molecule has 1 heterocycles. The summed E-state index contributed by atoms with van der Waals surface area (Å²) in [6.07, 6.45) is 4.35. The third-order valence-corrected chi connectivity index (χ3v) is 4.42. The molecule has 2 aromatic rings. The highest BCUT2D eigenvalue weighted by molar-refractivity contribution is 6.31. The molecule has 2 N–H and O–H groups in total. The van der Waals surface area contributed by atoms with Crippen LogP contribution in [0.3, 0.4) is 0 Å². The minimum atomic E-state index is -0.930. The van der Waals surface area contributed by atoms with E-state index < -0.39 is 18.0 Å². The highest BCUT2D eigenvalue weighted by Gasteiger charge is 2.22. The maximum absolute atomic E-state index is 12.1. The van der Waals surface area contributed by atoms with Gasteiger partial charge in [-0.3, -0.25) is 10.1 Å². The van der Waals surface area contributed by atoms with Crippen molar-refractivity contribution in [3.05, 3.63) is 23.2 Å². The zero-order chi connectivity index (χ0) is 17.8. The molecule has 0 spiro atoms. The third-order valence-electron chi connectivity index (χ3n) is 4.18. The van der Waals surface area contributed by atoms with Gasteiger partial charge in [0.1, 0.15) is 11.0 Å². The Morgan fingerprint density at radius 3 is 2.84 bits per heavy atom. The summed E-state index contributed by atoms with van der Waals surface area (Å²) in [7, 11) is 0. The minimum Gasteiger partial charge on any atom is -0.382 e. The van der Waals surface area contributed by atoms with Crippen LogP contribution in [0.15, 0.2) is 18.2 Å². The number of benzene rings is 1. The van der Waals surface area contributed by atoms with Gasteiger partial charge in [0, 0.05) is 11.1 Å². The van der Waals surface area contributed by atoms with E-state index in [9.17, 15) is 9.59 Å². The predicted octanol–water partition coefficient (Wildman–Crippen LogP) is 2.06. The first kappa shape index (κ1) is 17.5. The molecule has 134 valence electrons. The van der Waals surface area contributed by atoms with Crippen molar-refractivity contribution in [1.29, 1.82) is 0 Å². The van der Waals surface area contributed by atoms with Crippen LogP contribution >= 0.6 is 11.6 Å². The zero-order valence-corrected chi connectivity index (χ0v) is 14.6. The van der Waals surface area contributed by atoms with Gasteiger partial charge in [0.05, 0.1) is 0 Å². The fourth-order valence-corrected chi connectivity index (χ4v) is 3.00. The van der Waals surface area contributed by atoms with E-state index in [-0.39, 0.29) is 6.04 Å². The number of fused-ring (bicyclic) bond motifs is 1. The third kappa shape index (κ3) is 4.39. The van der Waals surface area contributed by atoms with E-state index in [1.807, 2.05) is 0 Å². The van der Waals surface area contributed by atoms with E-state index in [1.165, 1.54) is 13.3 Å². The molecule has 0 aliphatic heterocycles. The van der Waals surface area contributed by atoms with Crippen LogP contribution in [0, 0.1) is 0 Å². The number of nitrogens with zero attached hydrogens (tertiary/aromatic N) is 3. The molecule has 0 saturated heterocycles. The first-order chi connectivity index (χ1) is 12.0. The van der Waals surface area contributed by atoms with E-state index in [4.69, 9.17) is 16.4 Å². The number of hydrogen-bond donors (Lipinski definition) is 2. The maximum atomic E-state index is 12.1. The molecule has 25 heavy (non-hydrogen) atoms. The van der Waals surface area contributed by atoms with Crippen molar-refractivity contribution in [2.45, 2.75) is 51.2 Å². The number of nitrogens with one attached hydrogen (secondary N) is 2. The molecule has 1 atom stereocenters. The molecule has 0 bridgehead atoms. The summed E-state index contributed by atoms with van der Waals surface area (Å²) in [4.78, 5) is 30.7. The second-order valence-electron chi connectivity index (χ2n) is 6.14. The molecule has 9 heteroatoms. The van der Waals surface area contributed by atoms with Gasteiger partial charge in [0.2, 0.25) is 6.10 Å². The van der Waals surface area contributed by atoms with Crippen molar-refractivity contribution in [2.24, 2.45) is 0 Å². The lowest BCUT2D eigenvalue weighted by Gasteiger charge is -2.23. The average molecular weight is 366 g/mol. The Labute approximate surface area is 149 Å². The fraction of sp³-hybridized carbons (Fsp3) is 0.500. The van der Waals surface area contributed by atoms with Crippen LogP contribution in [0.25, 0.3) is 11.0 Å². The Kier molecular flexibility index (Phi) is 5.37. The van der Waals surface area contributed by atoms with E-state index >= 15 is 0 Å². The standard InChI is InChI=1S/C16H20ClN5O3/c1-10(15(23)19-16(24)18-12-5-3-2-4-6-12)25-22-14-9-11(17)7-8-13(14)20-21-22/h7-10,12H,2-6H2,1H3,(H2,18,19,23,24)/t10-/m1/s1. The van der Waals surface area contributed by atoms with Gasteiger partial charge in [-0.05, 0) is 43.2 Å².